The molecule has 35 heavy (non-hydrogen) atoms. The number of nitrogens with zero attached hydrogens (tertiary/aromatic N) is 1. The van der Waals surface area contributed by atoms with E-state index < -0.39 is 10.0 Å². The molecular formula is C27H31N3O4S. The maximum atomic E-state index is 12.8. The number of sulfonamides is 1. The molecule has 1 heterocycles. The van der Waals surface area contributed by atoms with Gasteiger partial charge in [-0.05, 0) is 60.9 Å². The fraction of sp³-hybridized carbons (Fsp3) is 0.296. The summed E-state index contributed by atoms with van der Waals surface area (Å²) in [5.74, 6) is -0.209. The summed E-state index contributed by atoms with van der Waals surface area (Å²) in [5, 5.41) is 2.96. The average molecular weight is 494 g/mol. The molecule has 8 heteroatoms. The van der Waals surface area contributed by atoms with E-state index in [1.54, 1.807) is 49.4 Å². The highest BCUT2D eigenvalue weighted by Gasteiger charge is 2.16. The van der Waals surface area contributed by atoms with E-state index in [1.807, 2.05) is 19.1 Å². The topological polar surface area (TPSA) is 87.7 Å². The van der Waals surface area contributed by atoms with Crippen LogP contribution in [-0.2, 0) is 27.8 Å². The van der Waals surface area contributed by atoms with E-state index in [2.05, 4.69) is 27.1 Å². The van der Waals surface area contributed by atoms with Crippen LogP contribution >= 0.6 is 0 Å². The lowest BCUT2D eigenvalue weighted by atomic mass is 10.1. The fourth-order valence-corrected chi connectivity index (χ4v) is 5.11. The second kappa shape index (κ2) is 11.0. The van der Waals surface area contributed by atoms with Gasteiger partial charge in [0.2, 0.25) is 0 Å². The van der Waals surface area contributed by atoms with Crippen LogP contribution in [0.2, 0.25) is 0 Å². The molecule has 3 aromatic rings. The van der Waals surface area contributed by atoms with E-state index in [4.69, 9.17) is 4.74 Å². The molecule has 0 atom stereocenters. The number of nitrogens with one attached hydrogen (secondary N) is 2. The van der Waals surface area contributed by atoms with Crippen LogP contribution in [0.15, 0.2) is 71.6 Å². The summed E-state index contributed by atoms with van der Waals surface area (Å²) in [4.78, 5) is 15.3. The maximum absolute atomic E-state index is 12.8. The quantitative estimate of drug-likeness (QED) is 0.498. The van der Waals surface area contributed by atoms with Crippen molar-refractivity contribution < 1.29 is 17.9 Å². The summed E-state index contributed by atoms with van der Waals surface area (Å²) in [6, 6.07) is 19.8. The summed E-state index contributed by atoms with van der Waals surface area (Å²) in [6.45, 7) is 8.34. The zero-order valence-corrected chi connectivity index (χ0v) is 20.9. The van der Waals surface area contributed by atoms with Gasteiger partial charge in [0.25, 0.3) is 15.9 Å². The lowest BCUT2D eigenvalue weighted by Crippen LogP contribution is -2.35. The Hall–Kier alpha value is -3.20. The van der Waals surface area contributed by atoms with Gasteiger partial charge < -0.3 is 10.1 Å². The molecule has 0 bridgehead atoms. The normalized spacial score (nSPS) is 14.5. The number of benzene rings is 3. The Morgan fingerprint density at radius 1 is 0.943 bits per heavy atom. The van der Waals surface area contributed by atoms with Gasteiger partial charge in [-0.2, -0.15) is 0 Å². The first-order chi connectivity index (χ1) is 16.8. The van der Waals surface area contributed by atoms with Gasteiger partial charge in [0.15, 0.2) is 0 Å². The number of hydrogen-bond acceptors (Lipinski definition) is 5. The monoisotopic (exact) mass is 493 g/mol. The Labute approximate surface area is 207 Å². The van der Waals surface area contributed by atoms with Gasteiger partial charge in [-0.1, -0.05) is 42.0 Å². The molecule has 0 spiro atoms. The smallest absolute Gasteiger partial charge is 0.261 e. The highest BCUT2D eigenvalue weighted by Crippen LogP contribution is 2.21. The van der Waals surface area contributed by atoms with Crippen LogP contribution in [0.1, 0.15) is 32.6 Å². The van der Waals surface area contributed by atoms with Crippen molar-refractivity contribution in [2.24, 2.45) is 0 Å². The molecule has 0 saturated carbocycles. The number of aryl methyl sites for hydroxylation is 2. The molecule has 0 aliphatic carbocycles. The van der Waals surface area contributed by atoms with Gasteiger partial charge in [-0.25, -0.2) is 8.42 Å². The Bertz CT molecular complexity index is 1280. The number of morpholine rings is 1. The summed E-state index contributed by atoms with van der Waals surface area (Å²) in [5.41, 5.74) is 4.81. The van der Waals surface area contributed by atoms with Crippen molar-refractivity contribution in [2.75, 3.05) is 31.0 Å². The molecule has 1 aliphatic rings. The number of carbonyl (C=O) groups excluding carboxylic acids is 1. The molecular weight excluding hydrogens is 462 g/mol. The Morgan fingerprint density at radius 2 is 1.66 bits per heavy atom. The van der Waals surface area contributed by atoms with Crippen molar-refractivity contribution in [3.63, 3.8) is 0 Å². The number of rotatable bonds is 8. The number of amides is 1. The highest BCUT2D eigenvalue weighted by atomic mass is 32.2. The molecule has 0 aromatic heterocycles. The van der Waals surface area contributed by atoms with Crippen LogP contribution in [0.5, 0.6) is 0 Å². The molecule has 2 N–H and O–H groups in total. The van der Waals surface area contributed by atoms with E-state index in [0.29, 0.717) is 23.4 Å². The maximum Gasteiger partial charge on any atom is 0.261 e. The minimum atomic E-state index is -3.71. The van der Waals surface area contributed by atoms with Gasteiger partial charge in [0.1, 0.15) is 0 Å². The molecule has 3 aromatic carbocycles. The summed E-state index contributed by atoms with van der Waals surface area (Å²) >= 11 is 0. The van der Waals surface area contributed by atoms with Gasteiger partial charge in [-0.15, -0.1) is 0 Å². The second-order valence-electron chi connectivity index (χ2n) is 8.84. The van der Waals surface area contributed by atoms with Gasteiger partial charge in [0, 0.05) is 31.7 Å². The van der Waals surface area contributed by atoms with Crippen LogP contribution in [0, 0.1) is 13.8 Å². The van der Waals surface area contributed by atoms with Crippen LogP contribution < -0.4 is 10.0 Å². The fourth-order valence-electron chi connectivity index (χ4n) is 3.98. The van der Waals surface area contributed by atoms with Crippen molar-refractivity contribution in [3.05, 3.63) is 94.5 Å². The Kier molecular flexibility index (Phi) is 7.85. The average Bonchev–Trinajstić information content (AvgIpc) is 2.85. The van der Waals surface area contributed by atoms with Gasteiger partial charge in [0.05, 0.1) is 23.8 Å². The van der Waals surface area contributed by atoms with Crippen LogP contribution in [0.4, 0.5) is 5.69 Å². The highest BCUT2D eigenvalue weighted by molar-refractivity contribution is 7.92. The predicted octanol–water partition coefficient (Wildman–Crippen LogP) is 3.87. The molecule has 1 amide bonds. The SMILES string of the molecule is Cc1ccc(S(=O)(=O)Nc2ccc(C(=O)NCc3cccc(CN4CCOCC4)c3)cc2C)cc1. The summed E-state index contributed by atoms with van der Waals surface area (Å²) in [6.07, 6.45) is 0. The molecule has 1 saturated heterocycles. The first kappa shape index (κ1) is 24.9. The van der Waals surface area contributed by atoms with E-state index in [1.165, 1.54) is 5.56 Å². The van der Waals surface area contributed by atoms with Crippen molar-refractivity contribution in [3.8, 4) is 0 Å². The minimum absolute atomic E-state index is 0.195. The number of hydrogen-bond donors (Lipinski definition) is 2. The lowest BCUT2D eigenvalue weighted by molar-refractivity contribution is 0.0342. The standard InChI is InChI=1S/C27H31N3O4S/c1-20-6-9-25(10-7-20)35(32,33)29-26-11-8-24(16-21(26)2)27(31)28-18-22-4-3-5-23(17-22)19-30-12-14-34-15-13-30/h3-11,16-17,29H,12-15,18-19H2,1-2H3,(H,28,31). The Morgan fingerprint density at radius 3 is 2.37 bits per heavy atom. The summed E-state index contributed by atoms with van der Waals surface area (Å²) in [7, 11) is -3.71. The largest absolute Gasteiger partial charge is 0.379 e. The third-order valence-corrected chi connectivity index (χ3v) is 7.40. The van der Waals surface area contributed by atoms with E-state index >= 15 is 0 Å². The first-order valence-electron chi connectivity index (χ1n) is 11.7. The number of ether oxygens (including phenoxy) is 1. The van der Waals surface area contributed by atoms with Crippen molar-refractivity contribution in [2.45, 2.75) is 31.8 Å². The summed E-state index contributed by atoms with van der Waals surface area (Å²) < 4.78 is 33.4. The molecule has 0 unspecified atom stereocenters. The zero-order chi connectivity index (χ0) is 24.8. The van der Waals surface area contributed by atoms with Gasteiger partial charge >= 0.3 is 0 Å². The zero-order valence-electron chi connectivity index (χ0n) is 20.1. The van der Waals surface area contributed by atoms with Crippen LogP contribution in [-0.4, -0.2) is 45.5 Å². The van der Waals surface area contributed by atoms with Gasteiger partial charge in [-0.3, -0.25) is 14.4 Å². The number of anilines is 1. The number of carbonyl (C=O) groups is 1. The molecule has 1 aliphatic heterocycles. The van der Waals surface area contributed by atoms with Crippen molar-refractivity contribution in [1.29, 1.82) is 0 Å². The molecule has 4 rings (SSSR count). The lowest BCUT2D eigenvalue weighted by Gasteiger charge is -2.26. The molecule has 7 nitrogen and oxygen atoms in total. The van der Waals surface area contributed by atoms with Crippen molar-refractivity contribution >= 4 is 21.6 Å². The molecule has 1 fully saturated rings. The van der Waals surface area contributed by atoms with Crippen molar-refractivity contribution in [1.82, 2.24) is 10.2 Å². The second-order valence-corrected chi connectivity index (χ2v) is 10.5. The minimum Gasteiger partial charge on any atom is -0.379 e. The molecule has 0 radical (unpaired) electrons. The molecule has 184 valence electrons. The van der Waals surface area contributed by atoms with Crippen LogP contribution in [0.3, 0.4) is 0 Å². The van der Waals surface area contributed by atoms with Crippen LogP contribution in [0.25, 0.3) is 0 Å². The Balaban J connectivity index is 1.37. The first-order valence-corrected chi connectivity index (χ1v) is 13.1. The van der Waals surface area contributed by atoms with E-state index in [9.17, 15) is 13.2 Å². The van der Waals surface area contributed by atoms with E-state index in [0.717, 1.165) is 44.0 Å². The van der Waals surface area contributed by atoms with E-state index in [-0.39, 0.29) is 10.8 Å². The third kappa shape index (κ3) is 6.69. The predicted molar refractivity (Wildman–Crippen MR) is 137 cm³/mol. The third-order valence-electron chi connectivity index (χ3n) is 6.02.